The van der Waals surface area contributed by atoms with E-state index in [9.17, 15) is 9.59 Å². The highest BCUT2D eigenvalue weighted by Crippen LogP contribution is 2.22. The van der Waals surface area contributed by atoms with E-state index in [4.69, 9.17) is 4.74 Å². The van der Waals surface area contributed by atoms with Crippen LogP contribution in [0.4, 0.5) is 0 Å². The van der Waals surface area contributed by atoms with Crippen LogP contribution in [0, 0.1) is 6.92 Å². The lowest BCUT2D eigenvalue weighted by Crippen LogP contribution is -2.32. The Balaban J connectivity index is 1.53. The van der Waals surface area contributed by atoms with Crippen molar-refractivity contribution in [3.8, 4) is 5.69 Å². The molecule has 0 radical (unpaired) electrons. The molecule has 0 spiro atoms. The van der Waals surface area contributed by atoms with Gasteiger partial charge in [-0.15, -0.1) is 0 Å². The maximum atomic E-state index is 12.3. The molecule has 27 heavy (non-hydrogen) atoms. The number of aryl methyl sites for hydroxylation is 1. The van der Waals surface area contributed by atoms with Crippen molar-refractivity contribution in [1.29, 1.82) is 0 Å². The summed E-state index contributed by atoms with van der Waals surface area (Å²) in [4.78, 5) is 30.7. The van der Waals surface area contributed by atoms with Crippen LogP contribution in [0.25, 0.3) is 16.7 Å². The molecule has 3 aromatic rings. The van der Waals surface area contributed by atoms with Crippen molar-refractivity contribution in [2.24, 2.45) is 0 Å². The van der Waals surface area contributed by atoms with E-state index in [-0.39, 0.29) is 12.5 Å². The summed E-state index contributed by atoms with van der Waals surface area (Å²) in [6.45, 7) is 3.21. The Bertz CT molecular complexity index is 989. The standard InChI is InChI=1S/C21H21N3O3/c1-15-22-18-13-16(21(26)27-14-20(25)23-11-5-6-12-23)9-10-19(18)24(15)17-7-3-2-4-8-17/h2-4,7-10,13H,5-6,11-12,14H2,1H3. The van der Waals surface area contributed by atoms with E-state index in [0.29, 0.717) is 5.56 Å². The van der Waals surface area contributed by atoms with Gasteiger partial charge in [-0.25, -0.2) is 9.78 Å². The van der Waals surface area contributed by atoms with Crippen LogP contribution >= 0.6 is 0 Å². The summed E-state index contributed by atoms with van der Waals surface area (Å²) < 4.78 is 7.25. The van der Waals surface area contributed by atoms with Gasteiger partial charge in [-0.1, -0.05) is 18.2 Å². The number of amides is 1. The fourth-order valence-corrected chi connectivity index (χ4v) is 3.50. The number of esters is 1. The van der Waals surface area contributed by atoms with E-state index in [1.165, 1.54) is 0 Å². The summed E-state index contributed by atoms with van der Waals surface area (Å²) in [5.74, 6) is 0.202. The molecule has 6 nitrogen and oxygen atoms in total. The van der Waals surface area contributed by atoms with Gasteiger partial charge in [0, 0.05) is 18.8 Å². The molecule has 4 rings (SSSR count). The van der Waals surface area contributed by atoms with E-state index in [1.54, 1.807) is 17.0 Å². The van der Waals surface area contributed by atoms with Crippen LogP contribution in [0.2, 0.25) is 0 Å². The number of benzene rings is 2. The Morgan fingerprint density at radius 2 is 1.81 bits per heavy atom. The smallest absolute Gasteiger partial charge is 0.338 e. The second-order valence-corrected chi connectivity index (χ2v) is 6.70. The number of hydrogen-bond acceptors (Lipinski definition) is 4. The molecule has 6 heteroatoms. The topological polar surface area (TPSA) is 64.4 Å². The van der Waals surface area contributed by atoms with Gasteiger partial charge >= 0.3 is 5.97 Å². The molecule has 0 N–H and O–H groups in total. The Morgan fingerprint density at radius 3 is 2.56 bits per heavy atom. The molecule has 1 fully saturated rings. The van der Waals surface area contributed by atoms with Gasteiger partial charge < -0.3 is 9.64 Å². The van der Waals surface area contributed by atoms with Crippen LogP contribution < -0.4 is 0 Å². The number of aromatic nitrogens is 2. The maximum absolute atomic E-state index is 12.3. The van der Waals surface area contributed by atoms with Crippen LogP contribution in [-0.2, 0) is 9.53 Å². The van der Waals surface area contributed by atoms with Gasteiger partial charge in [-0.05, 0) is 50.1 Å². The Kier molecular flexibility index (Phi) is 4.62. The lowest BCUT2D eigenvalue weighted by Gasteiger charge is -2.14. The van der Waals surface area contributed by atoms with Gasteiger partial charge in [0.2, 0.25) is 0 Å². The van der Waals surface area contributed by atoms with Crippen LogP contribution in [0.5, 0.6) is 0 Å². The zero-order valence-electron chi connectivity index (χ0n) is 15.2. The molecule has 1 aliphatic heterocycles. The van der Waals surface area contributed by atoms with Crippen molar-refractivity contribution in [2.45, 2.75) is 19.8 Å². The minimum atomic E-state index is -0.503. The predicted molar refractivity (Wildman–Crippen MR) is 102 cm³/mol. The van der Waals surface area contributed by atoms with Gasteiger partial charge in [0.1, 0.15) is 5.82 Å². The number of imidazole rings is 1. The molecule has 0 unspecified atom stereocenters. The highest BCUT2D eigenvalue weighted by Gasteiger charge is 2.20. The van der Waals surface area contributed by atoms with Crippen LogP contribution in [0.15, 0.2) is 48.5 Å². The minimum Gasteiger partial charge on any atom is -0.452 e. The number of likely N-dealkylation sites (tertiary alicyclic amines) is 1. The van der Waals surface area contributed by atoms with E-state index in [0.717, 1.165) is 48.5 Å². The molecule has 1 amide bonds. The number of carbonyl (C=O) groups is 2. The number of nitrogens with zero attached hydrogens (tertiary/aromatic N) is 3. The molecule has 1 aliphatic rings. The second-order valence-electron chi connectivity index (χ2n) is 6.70. The average molecular weight is 363 g/mol. The quantitative estimate of drug-likeness (QED) is 0.668. The largest absolute Gasteiger partial charge is 0.452 e. The number of ether oxygens (including phenoxy) is 1. The fraction of sp³-hybridized carbons (Fsp3) is 0.286. The zero-order chi connectivity index (χ0) is 18.8. The third-order valence-corrected chi connectivity index (χ3v) is 4.86. The lowest BCUT2D eigenvalue weighted by molar-refractivity contribution is -0.133. The first-order valence-electron chi connectivity index (χ1n) is 9.13. The van der Waals surface area contributed by atoms with E-state index in [1.807, 2.05) is 47.9 Å². The molecular formula is C21H21N3O3. The predicted octanol–water partition coefficient (Wildman–Crippen LogP) is 3.11. The van der Waals surface area contributed by atoms with E-state index < -0.39 is 5.97 Å². The first kappa shape index (κ1) is 17.3. The van der Waals surface area contributed by atoms with Crippen LogP contribution in [0.3, 0.4) is 0 Å². The Morgan fingerprint density at radius 1 is 1.07 bits per heavy atom. The number of hydrogen-bond donors (Lipinski definition) is 0. The normalized spacial score (nSPS) is 13.9. The highest BCUT2D eigenvalue weighted by molar-refractivity contribution is 5.95. The summed E-state index contributed by atoms with van der Waals surface area (Å²) in [6, 6.07) is 15.2. The molecule has 0 aliphatic carbocycles. The van der Waals surface area contributed by atoms with Crippen molar-refractivity contribution in [2.75, 3.05) is 19.7 Å². The molecule has 1 saturated heterocycles. The fourth-order valence-electron chi connectivity index (χ4n) is 3.50. The van der Waals surface area contributed by atoms with Gasteiger partial charge in [0.25, 0.3) is 5.91 Å². The van der Waals surface area contributed by atoms with Crippen LogP contribution in [-0.4, -0.2) is 46.0 Å². The summed E-state index contributed by atoms with van der Waals surface area (Å²) >= 11 is 0. The van der Waals surface area contributed by atoms with Gasteiger partial charge in [0.15, 0.2) is 6.61 Å². The summed E-state index contributed by atoms with van der Waals surface area (Å²) in [5, 5.41) is 0. The number of para-hydroxylation sites is 1. The van der Waals surface area contributed by atoms with Crippen molar-refractivity contribution in [3.63, 3.8) is 0 Å². The first-order chi connectivity index (χ1) is 13.1. The van der Waals surface area contributed by atoms with E-state index in [2.05, 4.69) is 4.98 Å². The van der Waals surface area contributed by atoms with Gasteiger partial charge in [-0.2, -0.15) is 0 Å². The Hall–Kier alpha value is -3.15. The second kappa shape index (κ2) is 7.23. The van der Waals surface area contributed by atoms with Crippen molar-refractivity contribution < 1.29 is 14.3 Å². The third kappa shape index (κ3) is 3.43. The summed E-state index contributed by atoms with van der Waals surface area (Å²) in [5.41, 5.74) is 3.05. The number of rotatable bonds is 4. The molecule has 2 aromatic carbocycles. The van der Waals surface area contributed by atoms with E-state index >= 15 is 0 Å². The summed E-state index contributed by atoms with van der Waals surface area (Å²) in [6.07, 6.45) is 2.03. The SMILES string of the molecule is Cc1nc2cc(C(=O)OCC(=O)N3CCCC3)ccc2n1-c1ccccc1. The summed E-state index contributed by atoms with van der Waals surface area (Å²) in [7, 11) is 0. The zero-order valence-corrected chi connectivity index (χ0v) is 15.2. The Labute approximate surface area is 157 Å². The lowest BCUT2D eigenvalue weighted by atomic mass is 10.2. The van der Waals surface area contributed by atoms with Crippen LogP contribution in [0.1, 0.15) is 29.0 Å². The van der Waals surface area contributed by atoms with Gasteiger partial charge in [-0.3, -0.25) is 9.36 Å². The van der Waals surface area contributed by atoms with Gasteiger partial charge in [0.05, 0.1) is 16.6 Å². The monoisotopic (exact) mass is 363 g/mol. The molecule has 0 saturated carbocycles. The minimum absolute atomic E-state index is 0.133. The molecule has 138 valence electrons. The molecule has 0 bridgehead atoms. The molecular weight excluding hydrogens is 342 g/mol. The van der Waals surface area contributed by atoms with Crippen molar-refractivity contribution in [1.82, 2.24) is 14.5 Å². The van der Waals surface area contributed by atoms with Crippen molar-refractivity contribution in [3.05, 3.63) is 59.9 Å². The maximum Gasteiger partial charge on any atom is 0.338 e. The number of fused-ring (bicyclic) bond motifs is 1. The average Bonchev–Trinajstić information content (AvgIpc) is 3.33. The molecule has 1 aromatic heterocycles. The molecule has 0 atom stereocenters. The number of carbonyl (C=O) groups excluding carboxylic acids is 2. The first-order valence-corrected chi connectivity index (χ1v) is 9.13. The molecule has 2 heterocycles. The highest BCUT2D eigenvalue weighted by atomic mass is 16.5. The third-order valence-electron chi connectivity index (χ3n) is 4.86. The van der Waals surface area contributed by atoms with Crippen molar-refractivity contribution >= 4 is 22.9 Å².